The molecule has 0 aliphatic heterocycles. The lowest BCUT2D eigenvalue weighted by atomic mass is 10.1. The fourth-order valence-electron chi connectivity index (χ4n) is 2.23. The number of hydrogen-bond donors (Lipinski definition) is 1. The number of halogens is 1. The van der Waals surface area contributed by atoms with Gasteiger partial charge in [-0.1, -0.05) is 37.3 Å². The van der Waals surface area contributed by atoms with E-state index in [9.17, 15) is 0 Å². The summed E-state index contributed by atoms with van der Waals surface area (Å²) in [6.07, 6.45) is 1.69. The molecule has 2 rings (SSSR count). The molecule has 0 spiro atoms. The summed E-state index contributed by atoms with van der Waals surface area (Å²) in [6.45, 7) is 4.46. The number of benzene rings is 1. The average molecular weight is 323 g/mol. The first kappa shape index (κ1) is 14.3. The van der Waals surface area contributed by atoms with Crippen LogP contribution in [0.15, 0.2) is 51.6 Å². The Balaban J connectivity index is 2.18. The van der Waals surface area contributed by atoms with Gasteiger partial charge in [0.1, 0.15) is 5.76 Å². The molecule has 1 aromatic heterocycles. The van der Waals surface area contributed by atoms with E-state index in [1.807, 2.05) is 12.1 Å². The molecule has 1 aromatic carbocycles. The summed E-state index contributed by atoms with van der Waals surface area (Å²) in [5, 5.41) is 0. The van der Waals surface area contributed by atoms with Crippen LogP contribution in [0.3, 0.4) is 0 Å². The Morgan fingerprint density at radius 2 is 2.00 bits per heavy atom. The Hall–Kier alpha value is -1.10. The van der Waals surface area contributed by atoms with Gasteiger partial charge in [-0.25, -0.2) is 0 Å². The number of likely N-dealkylation sites (N-methyl/N-ethyl adjacent to an activating group) is 1. The summed E-state index contributed by atoms with van der Waals surface area (Å²) in [5.74, 6) is 0.903. The van der Waals surface area contributed by atoms with Crippen molar-refractivity contribution in [1.29, 1.82) is 0 Å². The van der Waals surface area contributed by atoms with Gasteiger partial charge in [0, 0.05) is 13.1 Å². The second-order valence-corrected chi connectivity index (χ2v) is 5.29. The lowest BCUT2D eigenvalue weighted by molar-refractivity contribution is 0.179. The molecule has 0 radical (unpaired) electrons. The Morgan fingerprint density at radius 3 is 2.53 bits per heavy atom. The summed E-state index contributed by atoms with van der Waals surface area (Å²) in [4.78, 5) is 2.32. The van der Waals surface area contributed by atoms with Gasteiger partial charge in [0.15, 0.2) is 0 Å². The summed E-state index contributed by atoms with van der Waals surface area (Å²) in [6, 6.07) is 12.4. The summed E-state index contributed by atoms with van der Waals surface area (Å²) in [7, 11) is 0. The Labute approximate surface area is 122 Å². The van der Waals surface area contributed by atoms with E-state index in [0.717, 1.165) is 23.3 Å². The zero-order chi connectivity index (χ0) is 13.7. The van der Waals surface area contributed by atoms with Gasteiger partial charge in [-0.3, -0.25) is 4.90 Å². The third kappa shape index (κ3) is 3.47. The van der Waals surface area contributed by atoms with Gasteiger partial charge in [-0.15, -0.1) is 0 Å². The standard InChI is InChI=1S/C15H19BrN2O/c1-2-18(11-12-6-4-3-5-7-12)14(10-17)15-13(16)8-9-19-15/h3-9,14H,2,10-11,17H2,1H3. The van der Waals surface area contributed by atoms with Gasteiger partial charge in [0.25, 0.3) is 0 Å². The van der Waals surface area contributed by atoms with Crippen LogP contribution >= 0.6 is 15.9 Å². The zero-order valence-corrected chi connectivity index (χ0v) is 12.6. The van der Waals surface area contributed by atoms with Crippen molar-refractivity contribution < 1.29 is 4.42 Å². The predicted octanol–water partition coefficient (Wildman–Crippen LogP) is 3.56. The average Bonchev–Trinajstić information content (AvgIpc) is 2.86. The maximum atomic E-state index is 5.94. The van der Waals surface area contributed by atoms with E-state index < -0.39 is 0 Å². The molecular weight excluding hydrogens is 304 g/mol. The maximum absolute atomic E-state index is 5.94. The molecular formula is C15H19BrN2O. The van der Waals surface area contributed by atoms with Crippen LogP contribution in [0.1, 0.15) is 24.3 Å². The topological polar surface area (TPSA) is 42.4 Å². The van der Waals surface area contributed by atoms with Crippen LogP contribution in [0.5, 0.6) is 0 Å². The van der Waals surface area contributed by atoms with Crippen molar-refractivity contribution in [2.24, 2.45) is 5.73 Å². The first-order chi connectivity index (χ1) is 9.26. The van der Waals surface area contributed by atoms with Gasteiger partial charge >= 0.3 is 0 Å². The predicted molar refractivity (Wildman–Crippen MR) is 80.7 cm³/mol. The molecule has 1 unspecified atom stereocenters. The molecule has 0 fully saturated rings. The van der Waals surface area contributed by atoms with Gasteiger partial charge in [0.2, 0.25) is 0 Å². The second kappa shape index (κ2) is 6.89. The van der Waals surface area contributed by atoms with Crippen molar-refractivity contribution in [3.63, 3.8) is 0 Å². The molecule has 1 atom stereocenters. The molecule has 0 saturated heterocycles. The number of rotatable bonds is 6. The molecule has 0 amide bonds. The van der Waals surface area contributed by atoms with E-state index in [4.69, 9.17) is 10.2 Å². The minimum atomic E-state index is 0.0922. The van der Waals surface area contributed by atoms with Gasteiger partial charge in [-0.05, 0) is 34.1 Å². The van der Waals surface area contributed by atoms with Gasteiger partial charge < -0.3 is 10.2 Å². The highest BCUT2D eigenvalue weighted by atomic mass is 79.9. The lowest BCUT2D eigenvalue weighted by Crippen LogP contribution is -2.33. The molecule has 0 aliphatic rings. The van der Waals surface area contributed by atoms with Gasteiger partial charge in [-0.2, -0.15) is 0 Å². The summed E-state index contributed by atoms with van der Waals surface area (Å²) in [5.41, 5.74) is 7.22. The first-order valence-corrected chi connectivity index (χ1v) is 7.26. The molecule has 4 heteroatoms. The minimum Gasteiger partial charge on any atom is -0.466 e. The zero-order valence-electron chi connectivity index (χ0n) is 11.1. The van der Waals surface area contributed by atoms with E-state index in [1.54, 1.807) is 6.26 Å². The van der Waals surface area contributed by atoms with Crippen molar-refractivity contribution in [3.8, 4) is 0 Å². The highest BCUT2D eigenvalue weighted by Crippen LogP contribution is 2.29. The normalized spacial score (nSPS) is 12.8. The Kier molecular flexibility index (Phi) is 5.19. The number of furan rings is 1. The highest BCUT2D eigenvalue weighted by molar-refractivity contribution is 9.10. The maximum Gasteiger partial charge on any atom is 0.136 e. The molecule has 1 heterocycles. The van der Waals surface area contributed by atoms with Crippen LogP contribution in [-0.4, -0.2) is 18.0 Å². The van der Waals surface area contributed by atoms with Crippen LogP contribution in [0.4, 0.5) is 0 Å². The third-order valence-electron chi connectivity index (χ3n) is 3.25. The fraction of sp³-hybridized carbons (Fsp3) is 0.333. The van der Waals surface area contributed by atoms with E-state index in [-0.39, 0.29) is 6.04 Å². The molecule has 0 bridgehead atoms. The van der Waals surface area contributed by atoms with Crippen molar-refractivity contribution in [3.05, 3.63) is 58.5 Å². The number of hydrogen-bond acceptors (Lipinski definition) is 3. The van der Waals surface area contributed by atoms with Gasteiger partial charge in [0.05, 0.1) is 16.8 Å². The summed E-state index contributed by atoms with van der Waals surface area (Å²) < 4.78 is 6.55. The molecule has 102 valence electrons. The smallest absolute Gasteiger partial charge is 0.136 e. The van der Waals surface area contributed by atoms with Crippen LogP contribution in [0.25, 0.3) is 0 Å². The molecule has 19 heavy (non-hydrogen) atoms. The lowest BCUT2D eigenvalue weighted by Gasteiger charge is -2.28. The number of nitrogens with two attached hydrogens (primary N) is 1. The second-order valence-electron chi connectivity index (χ2n) is 4.43. The monoisotopic (exact) mass is 322 g/mol. The van der Waals surface area contributed by atoms with Crippen LogP contribution < -0.4 is 5.73 Å². The molecule has 2 aromatic rings. The quantitative estimate of drug-likeness (QED) is 0.884. The van der Waals surface area contributed by atoms with Crippen molar-refractivity contribution >= 4 is 15.9 Å². The first-order valence-electron chi connectivity index (χ1n) is 6.47. The van der Waals surface area contributed by atoms with Crippen LogP contribution in [0.2, 0.25) is 0 Å². The van der Waals surface area contributed by atoms with Crippen molar-refractivity contribution in [1.82, 2.24) is 4.90 Å². The largest absolute Gasteiger partial charge is 0.466 e. The summed E-state index contributed by atoms with van der Waals surface area (Å²) >= 11 is 3.51. The Bertz CT molecular complexity index is 498. The number of nitrogens with zero attached hydrogens (tertiary/aromatic N) is 1. The Morgan fingerprint density at radius 1 is 1.26 bits per heavy atom. The molecule has 2 N–H and O–H groups in total. The van der Waals surface area contributed by atoms with Crippen molar-refractivity contribution in [2.45, 2.75) is 19.5 Å². The van der Waals surface area contributed by atoms with E-state index in [2.05, 4.69) is 52.0 Å². The van der Waals surface area contributed by atoms with Crippen molar-refractivity contribution in [2.75, 3.05) is 13.1 Å². The van der Waals surface area contributed by atoms with Crippen LogP contribution in [0, 0.1) is 0 Å². The minimum absolute atomic E-state index is 0.0922. The molecule has 3 nitrogen and oxygen atoms in total. The molecule has 0 aliphatic carbocycles. The highest BCUT2D eigenvalue weighted by Gasteiger charge is 2.22. The third-order valence-corrected chi connectivity index (χ3v) is 3.90. The van der Waals surface area contributed by atoms with E-state index >= 15 is 0 Å². The van der Waals surface area contributed by atoms with E-state index in [1.165, 1.54) is 5.56 Å². The SMILES string of the molecule is CCN(Cc1ccccc1)C(CN)c1occc1Br. The fourth-order valence-corrected chi connectivity index (χ4v) is 2.69. The molecule has 0 saturated carbocycles. The van der Waals surface area contributed by atoms with E-state index in [0.29, 0.717) is 6.54 Å². The van der Waals surface area contributed by atoms with Crippen LogP contribution in [-0.2, 0) is 6.54 Å².